The Morgan fingerprint density at radius 1 is 1.31 bits per heavy atom. The van der Waals surface area contributed by atoms with Gasteiger partial charge in [0.25, 0.3) is 0 Å². The minimum Gasteiger partial charge on any atom is -0.396 e. The molecule has 0 bridgehead atoms. The molecule has 0 aromatic heterocycles. The summed E-state index contributed by atoms with van der Waals surface area (Å²) in [5.74, 6) is 0.476. The lowest BCUT2D eigenvalue weighted by atomic mass is 9.85. The summed E-state index contributed by atoms with van der Waals surface area (Å²) in [6, 6.07) is 5.26. The summed E-state index contributed by atoms with van der Waals surface area (Å²) < 4.78 is 13.7. The van der Waals surface area contributed by atoms with Crippen LogP contribution in [-0.2, 0) is 0 Å². The maximum absolute atomic E-state index is 13.7. The largest absolute Gasteiger partial charge is 0.396 e. The molecule has 0 aliphatic carbocycles. The molecule has 0 aliphatic rings. The van der Waals surface area contributed by atoms with Gasteiger partial charge in [-0.05, 0) is 43.2 Å². The first-order chi connectivity index (χ1) is 7.56. The van der Waals surface area contributed by atoms with Crippen molar-refractivity contribution >= 4 is 0 Å². The number of rotatable bonds is 5. The summed E-state index contributed by atoms with van der Waals surface area (Å²) in [6.07, 6.45) is 1.73. The SMILES string of the molecule is Cc1ccc(F)c(C(C)C(C)CCCO)c1. The second-order valence-corrected chi connectivity index (χ2v) is 4.66. The van der Waals surface area contributed by atoms with E-state index >= 15 is 0 Å². The molecule has 1 rings (SSSR count). The Kier molecular flexibility index (Phi) is 4.94. The zero-order valence-corrected chi connectivity index (χ0v) is 10.3. The van der Waals surface area contributed by atoms with Gasteiger partial charge in [0.1, 0.15) is 5.82 Å². The lowest BCUT2D eigenvalue weighted by Gasteiger charge is -2.21. The van der Waals surface area contributed by atoms with Gasteiger partial charge in [0, 0.05) is 6.61 Å². The smallest absolute Gasteiger partial charge is 0.126 e. The molecule has 1 nitrogen and oxygen atoms in total. The molecular weight excluding hydrogens is 203 g/mol. The van der Waals surface area contributed by atoms with Gasteiger partial charge in [-0.15, -0.1) is 0 Å². The highest BCUT2D eigenvalue weighted by atomic mass is 19.1. The minimum absolute atomic E-state index is 0.117. The number of hydrogen-bond donors (Lipinski definition) is 1. The molecule has 0 heterocycles. The number of benzene rings is 1. The molecule has 0 saturated heterocycles. The minimum atomic E-state index is -0.117. The molecule has 2 heteroatoms. The Labute approximate surface area is 97.3 Å². The molecule has 16 heavy (non-hydrogen) atoms. The fraction of sp³-hybridized carbons (Fsp3) is 0.571. The van der Waals surface area contributed by atoms with Crippen LogP contribution < -0.4 is 0 Å². The van der Waals surface area contributed by atoms with Gasteiger partial charge in [-0.2, -0.15) is 0 Å². The van der Waals surface area contributed by atoms with Gasteiger partial charge in [0.05, 0.1) is 0 Å². The maximum atomic E-state index is 13.7. The average Bonchev–Trinajstić information content (AvgIpc) is 2.28. The summed E-state index contributed by atoms with van der Waals surface area (Å²) in [7, 11) is 0. The van der Waals surface area contributed by atoms with Crippen molar-refractivity contribution in [1.29, 1.82) is 0 Å². The summed E-state index contributed by atoms with van der Waals surface area (Å²) in [6.45, 7) is 6.36. The zero-order valence-electron chi connectivity index (χ0n) is 10.3. The second kappa shape index (κ2) is 6.00. The van der Waals surface area contributed by atoms with Gasteiger partial charge in [-0.1, -0.05) is 31.5 Å². The average molecular weight is 224 g/mol. The third-order valence-electron chi connectivity index (χ3n) is 3.31. The van der Waals surface area contributed by atoms with Crippen LogP contribution in [0.2, 0.25) is 0 Å². The van der Waals surface area contributed by atoms with Crippen LogP contribution in [0.25, 0.3) is 0 Å². The van der Waals surface area contributed by atoms with Gasteiger partial charge in [-0.25, -0.2) is 4.39 Å². The Bertz CT molecular complexity index is 336. The van der Waals surface area contributed by atoms with Crippen molar-refractivity contribution in [2.24, 2.45) is 5.92 Å². The predicted octanol–water partition coefficient (Wildman–Crippen LogP) is 3.65. The van der Waals surface area contributed by atoms with Gasteiger partial charge in [0.2, 0.25) is 0 Å². The van der Waals surface area contributed by atoms with Crippen molar-refractivity contribution < 1.29 is 9.50 Å². The third kappa shape index (κ3) is 3.31. The number of halogens is 1. The van der Waals surface area contributed by atoms with E-state index in [0.29, 0.717) is 5.92 Å². The van der Waals surface area contributed by atoms with Gasteiger partial charge < -0.3 is 5.11 Å². The molecule has 90 valence electrons. The second-order valence-electron chi connectivity index (χ2n) is 4.66. The zero-order chi connectivity index (χ0) is 12.1. The molecule has 0 amide bonds. The molecular formula is C14H21FO. The van der Waals surface area contributed by atoms with Crippen LogP contribution >= 0.6 is 0 Å². The molecule has 2 atom stereocenters. The molecule has 0 spiro atoms. The van der Waals surface area contributed by atoms with E-state index in [4.69, 9.17) is 5.11 Å². The number of aliphatic hydroxyl groups excluding tert-OH is 1. The van der Waals surface area contributed by atoms with Crippen LogP contribution in [0.3, 0.4) is 0 Å². The highest BCUT2D eigenvalue weighted by Crippen LogP contribution is 2.29. The van der Waals surface area contributed by atoms with Crippen molar-refractivity contribution in [1.82, 2.24) is 0 Å². The van der Waals surface area contributed by atoms with E-state index in [9.17, 15) is 4.39 Å². The Balaban J connectivity index is 2.78. The van der Waals surface area contributed by atoms with Gasteiger partial charge >= 0.3 is 0 Å². The predicted molar refractivity (Wildman–Crippen MR) is 65.0 cm³/mol. The number of hydrogen-bond acceptors (Lipinski definition) is 1. The summed E-state index contributed by atoms with van der Waals surface area (Å²) in [4.78, 5) is 0. The number of aryl methyl sites for hydroxylation is 1. The van der Waals surface area contributed by atoms with Crippen LogP contribution in [0.4, 0.5) is 4.39 Å². The molecule has 1 N–H and O–H groups in total. The summed E-state index contributed by atoms with van der Waals surface area (Å²) in [5.41, 5.74) is 1.89. The maximum Gasteiger partial charge on any atom is 0.126 e. The Hall–Kier alpha value is -0.890. The first-order valence-corrected chi connectivity index (χ1v) is 5.93. The number of aliphatic hydroxyl groups is 1. The standard InChI is InChI=1S/C14H21FO/c1-10-6-7-14(15)13(9-10)12(3)11(2)5-4-8-16/h6-7,9,11-12,16H,4-5,8H2,1-3H3. The van der Waals surface area contributed by atoms with E-state index in [1.54, 1.807) is 12.1 Å². The van der Waals surface area contributed by atoms with Crippen LogP contribution in [0.1, 0.15) is 43.7 Å². The highest BCUT2D eigenvalue weighted by Gasteiger charge is 2.17. The topological polar surface area (TPSA) is 20.2 Å². The van der Waals surface area contributed by atoms with Crippen molar-refractivity contribution in [3.63, 3.8) is 0 Å². The molecule has 1 aromatic rings. The highest BCUT2D eigenvalue weighted by molar-refractivity contribution is 5.27. The van der Waals surface area contributed by atoms with E-state index in [1.807, 2.05) is 13.0 Å². The van der Waals surface area contributed by atoms with Crippen LogP contribution in [-0.4, -0.2) is 11.7 Å². The Morgan fingerprint density at radius 2 is 2.00 bits per heavy atom. The first kappa shape index (κ1) is 13.2. The van der Waals surface area contributed by atoms with Gasteiger partial charge in [-0.3, -0.25) is 0 Å². The normalized spacial score (nSPS) is 14.8. The molecule has 0 radical (unpaired) electrons. The lowest BCUT2D eigenvalue weighted by molar-refractivity contribution is 0.268. The third-order valence-corrected chi connectivity index (χ3v) is 3.31. The van der Waals surface area contributed by atoms with E-state index in [-0.39, 0.29) is 18.3 Å². The van der Waals surface area contributed by atoms with E-state index in [1.165, 1.54) is 0 Å². The quantitative estimate of drug-likeness (QED) is 0.809. The fourth-order valence-corrected chi connectivity index (χ4v) is 1.98. The molecule has 0 fully saturated rings. The molecule has 1 aromatic carbocycles. The monoisotopic (exact) mass is 224 g/mol. The lowest BCUT2D eigenvalue weighted by Crippen LogP contribution is -2.09. The Morgan fingerprint density at radius 3 is 2.62 bits per heavy atom. The molecule has 0 aliphatic heterocycles. The van der Waals surface area contributed by atoms with Crippen LogP contribution in [0.15, 0.2) is 18.2 Å². The summed E-state index contributed by atoms with van der Waals surface area (Å²) in [5, 5.41) is 8.79. The fourth-order valence-electron chi connectivity index (χ4n) is 1.98. The molecule has 2 unspecified atom stereocenters. The van der Waals surface area contributed by atoms with Crippen molar-refractivity contribution in [2.75, 3.05) is 6.61 Å². The molecule has 0 saturated carbocycles. The van der Waals surface area contributed by atoms with E-state index < -0.39 is 0 Å². The van der Waals surface area contributed by atoms with E-state index in [2.05, 4.69) is 13.8 Å². The van der Waals surface area contributed by atoms with E-state index in [0.717, 1.165) is 24.0 Å². The van der Waals surface area contributed by atoms with Crippen LogP contribution in [0.5, 0.6) is 0 Å². The summed E-state index contributed by atoms with van der Waals surface area (Å²) >= 11 is 0. The van der Waals surface area contributed by atoms with Crippen molar-refractivity contribution in [3.8, 4) is 0 Å². The van der Waals surface area contributed by atoms with Crippen molar-refractivity contribution in [2.45, 2.75) is 39.5 Å². The first-order valence-electron chi connectivity index (χ1n) is 5.93. The van der Waals surface area contributed by atoms with Crippen molar-refractivity contribution in [3.05, 3.63) is 35.1 Å². The van der Waals surface area contributed by atoms with Crippen LogP contribution in [0, 0.1) is 18.7 Å². The van der Waals surface area contributed by atoms with Gasteiger partial charge in [0.15, 0.2) is 0 Å².